The van der Waals surface area contributed by atoms with Gasteiger partial charge in [-0.05, 0) is 56.5 Å². The minimum atomic E-state index is -0.343. The number of unbranched alkanes of at least 4 members (excludes halogenated alkanes) is 1. The Labute approximate surface area is 200 Å². The van der Waals surface area contributed by atoms with Gasteiger partial charge in [0.15, 0.2) is 0 Å². The fourth-order valence-corrected chi connectivity index (χ4v) is 4.32. The number of nitrogens with zero attached hydrogens (tertiary/aromatic N) is 2. The molecular weight excluding hydrogens is 430 g/mol. The Bertz CT molecular complexity index is 1120. The summed E-state index contributed by atoms with van der Waals surface area (Å²) in [4.78, 5) is 15.3. The van der Waals surface area contributed by atoms with E-state index >= 15 is 0 Å². The van der Waals surface area contributed by atoms with E-state index in [1.54, 1.807) is 12.1 Å². The lowest BCUT2D eigenvalue weighted by atomic mass is 9.95. The minimum Gasteiger partial charge on any atom is -0.507 e. The summed E-state index contributed by atoms with van der Waals surface area (Å²) in [5.41, 5.74) is 3.37. The lowest BCUT2D eigenvalue weighted by Crippen LogP contribution is -2.31. The van der Waals surface area contributed by atoms with Crippen LogP contribution in [-0.4, -0.2) is 52.0 Å². The summed E-state index contributed by atoms with van der Waals surface area (Å²) in [6.07, 6.45) is 2.91. The molecule has 0 bridgehead atoms. The fraction of sp³-hybridized carbons (Fsp3) is 0.407. The van der Waals surface area contributed by atoms with Crippen molar-refractivity contribution >= 4 is 5.91 Å². The number of ether oxygens (including phenoxy) is 2. The Hall–Kier alpha value is -3.32. The van der Waals surface area contributed by atoms with Crippen LogP contribution >= 0.6 is 0 Å². The number of carbonyl (C=O) groups is 1. The third kappa shape index (κ3) is 4.94. The smallest absolute Gasteiger partial charge is 0.273 e. The maximum Gasteiger partial charge on any atom is 0.273 e. The van der Waals surface area contributed by atoms with Crippen molar-refractivity contribution < 1.29 is 19.4 Å². The first-order chi connectivity index (χ1) is 16.5. The normalized spacial score (nSPS) is 15.2. The standard InChI is InChI=1S/C27H33N3O4/c1-4-5-15-34-20-11-8-10-19(17-20)26-23-24(21-12-6-7-13-22(21)31)28-29-25(23)27(32)30(26)14-9-16-33-18(2)3/h6-8,10-13,17-18,26,31H,4-5,9,14-16H2,1-3H3,(H,28,29). The number of aromatic amines is 1. The Morgan fingerprint density at radius 3 is 2.71 bits per heavy atom. The number of carbonyl (C=O) groups excluding carboxylic acids is 1. The van der Waals surface area contributed by atoms with Crippen molar-refractivity contribution in [1.29, 1.82) is 0 Å². The number of benzene rings is 2. The molecule has 7 nitrogen and oxygen atoms in total. The summed E-state index contributed by atoms with van der Waals surface area (Å²) in [5, 5.41) is 17.9. The number of nitrogens with one attached hydrogen (secondary N) is 1. The number of rotatable bonds is 11. The molecule has 2 aromatic carbocycles. The molecule has 0 aliphatic carbocycles. The molecule has 34 heavy (non-hydrogen) atoms. The molecule has 4 rings (SSSR count). The van der Waals surface area contributed by atoms with Crippen molar-refractivity contribution in [2.24, 2.45) is 0 Å². The number of phenols is 1. The first kappa shape index (κ1) is 23.8. The zero-order chi connectivity index (χ0) is 24.1. The van der Waals surface area contributed by atoms with Crippen LogP contribution in [0.3, 0.4) is 0 Å². The van der Waals surface area contributed by atoms with E-state index in [-0.39, 0.29) is 23.8 Å². The molecule has 1 atom stereocenters. The van der Waals surface area contributed by atoms with Gasteiger partial charge in [-0.15, -0.1) is 0 Å². The van der Waals surface area contributed by atoms with E-state index < -0.39 is 0 Å². The zero-order valence-electron chi connectivity index (χ0n) is 20.1. The van der Waals surface area contributed by atoms with E-state index in [2.05, 4.69) is 17.1 Å². The third-order valence-electron chi connectivity index (χ3n) is 5.96. The van der Waals surface area contributed by atoms with E-state index in [0.717, 1.165) is 36.1 Å². The van der Waals surface area contributed by atoms with Crippen LogP contribution in [0.2, 0.25) is 0 Å². The second kappa shape index (κ2) is 10.7. The van der Waals surface area contributed by atoms with E-state index in [1.165, 1.54) is 0 Å². The molecule has 180 valence electrons. The molecule has 0 spiro atoms. The molecule has 1 unspecified atom stereocenters. The second-order valence-corrected chi connectivity index (χ2v) is 8.83. The van der Waals surface area contributed by atoms with Crippen LogP contribution < -0.4 is 4.74 Å². The predicted molar refractivity (Wildman–Crippen MR) is 131 cm³/mol. The van der Waals surface area contributed by atoms with Crippen molar-refractivity contribution in [1.82, 2.24) is 15.1 Å². The van der Waals surface area contributed by atoms with Gasteiger partial charge < -0.3 is 19.5 Å². The quantitative estimate of drug-likeness (QED) is 0.376. The van der Waals surface area contributed by atoms with Gasteiger partial charge in [0.05, 0.1) is 18.8 Å². The monoisotopic (exact) mass is 463 g/mol. The molecule has 3 aromatic rings. The number of H-pyrrole nitrogens is 1. The number of hydrogen-bond donors (Lipinski definition) is 2. The molecule has 2 heterocycles. The summed E-state index contributed by atoms with van der Waals surface area (Å²) < 4.78 is 11.7. The van der Waals surface area contributed by atoms with Gasteiger partial charge in [0, 0.05) is 24.3 Å². The SMILES string of the molecule is CCCCOc1cccc(C2c3c(-c4ccccc4O)n[nH]c3C(=O)N2CCCOC(C)C)c1. The number of phenolic OH excluding ortho intramolecular Hbond substituents is 1. The molecule has 1 aliphatic heterocycles. The van der Waals surface area contributed by atoms with Crippen molar-refractivity contribution in [3.8, 4) is 22.8 Å². The summed E-state index contributed by atoms with van der Waals surface area (Å²) in [7, 11) is 0. The zero-order valence-corrected chi connectivity index (χ0v) is 20.1. The summed E-state index contributed by atoms with van der Waals surface area (Å²) in [5.74, 6) is 0.807. The Morgan fingerprint density at radius 2 is 1.94 bits per heavy atom. The largest absolute Gasteiger partial charge is 0.507 e. The molecule has 7 heteroatoms. The molecule has 1 amide bonds. The lowest BCUT2D eigenvalue weighted by molar-refractivity contribution is 0.0601. The molecule has 0 radical (unpaired) electrons. The van der Waals surface area contributed by atoms with Crippen molar-refractivity contribution in [3.05, 3.63) is 65.4 Å². The molecule has 0 fully saturated rings. The number of aromatic hydroxyl groups is 1. The highest BCUT2D eigenvalue weighted by Crippen LogP contribution is 2.44. The maximum absolute atomic E-state index is 13.5. The number of para-hydroxylation sites is 1. The highest BCUT2D eigenvalue weighted by Gasteiger charge is 2.42. The van der Waals surface area contributed by atoms with E-state index in [1.807, 2.05) is 55.1 Å². The molecule has 0 saturated carbocycles. The van der Waals surface area contributed by atoms with Crippen molar-refractivity contribution in [3.63, 3.8) is 0 Å². The topological polar surface area (TPSA) is 87.7 Å². The first-order valence-corrected chi connectivity index (χ1v) is 12.0. The Kier molecular flexibility index (Phi) is 7.53. The number of hydrogen-bond acceptors (Lipinski definition) is 5. The van der Waals surface area contributed by atoms with E-state index in [9.17, 15) is 9.90 Å². The van der Waals surface area contributed by atoms with Gasteiger partial charge in [-0.2, -0.15) is 5.10 Å². The molecule has 1 aromatic heterocycles. The maximum atomic E-state index is 13.5. The highest BCUT2D eigenvalue weighted by molar-refractivity contribution is 6.00. The first-order valence-electron chi connectivity index (χ1n) is 12.0. The summed E-state index contributed by atoms with van der Waals surface area (Å²) in [6, 6.07) is 14.6. The van der Waals surface area contributed by atoms with Crippen LogP contribution in [0.25, 0.3) is 11.3 Å². The van der Waals surface area contributed by atoms with Gasteiger partial charge in [-0.3, -0.25) is 9.89 Å². The van der Waals surface area contributed by atoms with Gasteiger partial charge >= 0.3 is 0 Å². The average Bonchev–Trinajstić information content (AvgIpc) is 3.36. The molecule has 1 aliphatic rings. The third-order valence-corrected chi connectivity index (χ3v) is 5.96. The predicted octanol–water partition coefficient (Wildman–Crippen LogP) is 5.32. The fourth-order valence-electron chi connectivity index (χ4n) is 4.32. The van der Waals surface area contributed by atoms with E-state index in [0.29, 0.717) is 36.7 Å². The molecule has 2 N–H and O–H groups in total. The Morgan fingerprint density at radius 1 is 1.12 bits per heavy atom. The molecule has 0 saturated heterocycles. The summed E-state index contributed by atoms with van der Waals surface area (Å²) >= 11 is 0. The van der Waals surface area contributed by atoms with Crippen molar-refractivity contribution in [2.45, 2.75) is 52.2 Å². The van der Waals surface area contributed by atoms with Crippen LogP contribution in [0.4, 0.5) is 0 Å². The highest BCUT2D eigenvalue weighted by atomic mass is 16.5. The second-order valence-electron chi connectivity index (χ2n) is 8.83. The number of fused-ring (bicyclic) bond motifs is 1. The van der Waals surface area contributed by atoms with Crippen LogP contribution in [0.5, 0.6) is 11.5 Å². The van der Waals surface area contributed by atoms with Crippen molar-refractivity contribution in [2.75, 3.05) is 19.8 Å². The lowest BCUT2D eigenvalue weighted by Gasteiger charge is -2.27. The van der Waals surface area contributed by atoms with Gasteiger partial charge in [0.2, 0.25) is 0 Å². The van der Waals surface area contributed by atoms with Crippen LogP contribution in [0, 0.1) is 0 Å². The summed E-state index contributed by atoms with van der Waals surface area (Å²) in [6.45, 7) is 7.91. The number of aromatic nitrogens is 2. The van der Waals surface area contributed by atoms with Gasteiger partial charge in [0.1, 0.15) is 22.9 Å². The molecular formula is C27H33N3O4. The van der Waals surface area contributed by atoms with Gasteiger partial charge in [-0.1, -0.05) is 37.6 Å². The van der Waals surface area contributed by atoms with Crippen LogP contribution in [-0.2, 0) is 4.74 Å². The van der Waals surface area contributed by atoms with Gasteiger partial charge in [0.25, 0.3) is 5.91 Å². The average molecular weight is 464 g/mol. The number of amides is 1. The Balaban J connectivity index is 1.72. The minimum absolute atomic E-state index is 0.101. The van der Waals surface area contributed by atoms with Gasteiger partial charge in [-0.25, -0.2) is 0 Å². The van der Waals surface area contributed by atoms with E-state index in [4.69, 9.17) is 9.47 Å². The van der Waals surface area contributed by atoms with Crippen LogP contribution in [0.15, 0.2) is 48.5 Å². The van der Waals surface area contributed by atoms with Crippen LogP contribution in [0.1, 0.15) is 67.7 Å².